The average molecular weight is 398 g/mol. The molecule has 1 aliphatic rings. The van der Waals surface area contributed by atoms with Crippen LogP contribution in [0.15, 0.2) is 60.7 Å². The number of rotatable bonds is 9. The van der Waals surface area contributed by atoms with Crippen molar-refractivity contribution in [3.05, 3.63) is 66.2 Å². The molecule has 7 nitrogen and oxygen atoms in total. The van der Waals surface area contributed by atoms with Gasteiger partial charge < -0.3 is 25.0 Å². The molecule has 1 fully saturated rings. The standard InChI is InChI=1S/C22H27N3O4/c26-21(15-23-22(27)17-29-19-9-5-2-6-10-19)24-20(18-7-3-1-4-8-18)16-25-11-13-28-14-12-25/h1-10,20H,11-17H2,(H,23,27)(H,24,26)/p+1/t20-/m1/s1. The predicted molar refractivity (Wildman–Crippen MR) is 109 cm³/mol. The Morgan fingerprint density at radius 2 is 1.62 bits per heavy atom. The van der Waals surface area contributed by atoms with Crippen LogP contribution in [0.5, 0.6) is 5.75 Å². The molecule has 0 aromatic heterocycles. The van der Waals surface area contributed by atoms with Gasteiger partial charge >= 0.3 is 0 Å². The van der Waals surface area contributed by atoms with E-state index >= 15 is 0 Å². The van der Waals surface area contributed by atoms with Crippen molar-refractivity contribution < 1.29 is 24.0 Å². The second kappa shape index (κ2) is 11.2. The Labute approximate surface area is 171 Å². The molecular formula is C22H28N3O4+. The van der Waals surface area contributed by atoms with Crippen LogP contribution in [-0.4, -0.2) is 57.8 Å². The lowest BCUT2D eigenvalue weighted by Gasteiger charge is -2.28. The van der Waals surface area contributed by atoms with E-state index in [-0.39, 0.29) is 31.0 Å². The number of morpholine rings is 1. The molecule has 1 heterocycles. The number of hydrogen-bond acceptors (Lipinski definition) is 4. The highest BCUT2D eigenvalue weighted by Gasteiger charge is 2.23. The number of quaternary nitrogens is 1. The van der Waals surface area contributed by atoms with Crippen LogP contribution < -0.4 is 20.3 Å². The minimum atomic E-state index is -0.334. The number of amides is 2. The van der Waals surface area contributed by atoms with E-state index in [0.29, 0.717) is 5.75 Å². The van der Waals surface area contributed by atoms with Crippen molar-refractivity contribution in [2.45, 2.75) is 6.04 Å². The summed E-state index contributed by atoms with van der Waals surface area (Å²) in [6.45, 7) is 3.89. The molecule has 2 amide bonds. The molecule has 0 aliphatic carbocycles. The SMILES string of the molecule is O=C(COc1ccccc1)NCC(=O)N[C@H](C[NH+]1CCOCC1)c1ccccc1. The number of ether oxygens (including phenoxy) is 2. The molecule has 0 bridgehead atoms. The molecule has 7 heteroatoms. The Hall–Kier alpha value is -2.90. The van der Waals surface area contributed by atoms with Crippen molar-refractivity contribution >= 4 is 11.8 Å². The van der Waals surface area contributed by atoms with E-state index in [1.165, 1.54) is 4.90 Å². The largest absolute Gasteiger partial charge is 0.484 e. The third kappa shape index (κ3) is 7.21. The highest BCUT2D eigenvalue weighted by Crippen LogP contribution is 2.11. The summed E-state index contributed by atoms with van der Waals surface area (Å²) in [4.78, 5) is 25.8. The quantitative estimate of drug-likeness (QED) is 0.554. The van der Waals surface area contributed by atoms with Crippen molar-refractivity contribution in [2.75, 3.05) is 46.0 Å². The van der Waals surface area contributed by atoms with Crippen LogP contribution >= 0.6 is 0 Å². The topological polar surface area (TPSA) is 81.1 Å². The van der Waals surface area contributed by atoms with Crippen LogP contribution in [-0.2, 0) is 14.3 Å². The number of para-hydroxylation sites is 1. The van der Waals surface area contributed by atoms with Gasteiger partial charge in [0.25, 0.3) is 5.91 Å². The number of hydrogen-bond donors (Lipinski definition) is 3. The van der Waals surface area contributed by atoms with Crippen LogP contribution in [0.25, 0.3) is 0 Å². The van der Waals surface area contributed by atoms with Crippen molar-refractivity contribution in [3.8, 4) is 5.75 Å². The fourth-order valence-electron chi connectivity index (χ4n) is 3.23. The summed E-state index contributed by atoms with van der Waals surface area (Å²) in [7, 11) is 0. The van der Waals surface area contributed by atoms with E-state index in [2.05, 4.69) is 10.6 Å². The number of carbonyl (C=O) groups excluding carboxylic acids is 2. The highest BCUT2D eigenvalue weighted by atomic mass is 16.5. The first-order valence-electron chi connectivity index (χ1n) is 9.91. The van der Waals surface area contributed by atoms with Crippen LogP contribution in [0.4, 0.5) is 0 Å². The molecule has 0 radical (unpaired) electrons. The van der Waals surface area contributed by atoms with Crippen LogP contribution in [0.2, 0.25) is 0 Å². The maximum absolute atomic E-state index is 12.4. The smallest absolute Gasteiger partial charge is 0.258 e. The van der Waals surface area contributed by atoms with E-state index in [4.69, 9.17) is 9.47 Å². The minimum absolute atomic E-state index is 0.0846. The van der Waals surface area contributed by atoms with E-state index in [0.717, 1.165) is 38.4 Å². The molecule has 0 spiro atoms. The zero-order chi connectivity index (χ0) is 20.3. The summed E-state index contributed by atoms with van der Waals surface area (Å²) < 4.78 is 10.8. The van der Waals surface area contributed by atoms with Gasteiger partial charge in [0.15, 0.2) is 6.61 Å². The predicted octanol–water partition coefficient (Wildman–Crippen LogP) is -0.0458. The van der Waals surface area contributed by atoms with Gasteiger partial charge in [0.1, 0.15) is 31.4 Å². The number of carbonyl (C=O) groups is 2. The molecule has 2 aromatic carbocycles. The molecule has 1 atom stereocenters. The Morgan fingerprint density at radius 1 is 0.966 bits per heavy atom. The maximum atomic E-state index is 12.4. The zero-order valence-corrected chi connectivity index (χ0v) is 16.4. The Morgan fingerprint density at radius 3 is 2.31 bits per heavy atom. The molecule has 3 N–H and O–H groups in total. The Kier molecular flexibility index (Phi) is 8.03. The average Bonchev–Trinajstić information content (AvgIpc) is 2.78. The van der Waals surface area contributed by atoms with Crippen LogP contribution in [0.1, 0.15) is 11.6 Å². The van der Waals surface area contributed by atoms with Gasteiger partial charge in [-0.1, -0.05) is 48.5 Å². The van der Waals surface area contributed by atoms with Crippen LogP contribution in [0, 0.1) is 0 Å². The maximum Gasteiger partial charge on any atom is 0.258 e. The first kappa shape index (κ1) is 20.8. The molecule has 1 saturated heterocycles. The van der Waals surface area contributed by atoms with Crippen molar-refractivity contribution in [1.82, 2.24) is 10.6 Å². The first-order valence-corrected chi connectivity index (χ1v) is 9.91. The number of benzene rings is 2. The molecule has 29 heavy (non-hydrogen) atoms. The van der Waals surface area contributed by atoms with Gasteiger partial charge in [-0.25, -0.2) is 0 Å². The molecule has 2 aromatic rings. The van der Waals surface area contributed by atoms with Crippen molar-refractivity contribution in [3.63, 3.8) is 0 Å². The number of nitrogens with one attached hydrogen (secondary N) is 3. The fraction of sp³-hybridized carbons (Fsp3) is 0.364. The summed E-state index contributed by atoms with van der Waals surface area (Å²) in [5.74, 6) is 0.0587. The Balaban J connectivity index is 1.47. The fourth-order valence-corrected chi connectivity index (χ4v) is 3.23. The van der Waals surface area contributed by atoms with Gasteiger partial charge in [-0.2, -0.15) is 0 Å². The first-order chi connectivity index (χ1) is 14.2. The third-order valence-electron chi connectivity index (χ3n) is 4.79. The van der Waals surface area contributed by atoms with Gasteiger partial charge in [-0.15, -0.1) is 0 Å². The van der Waals surface area contributed by atoms with E-state index in [1.807, 2.05) is 48.5 Å². The van der Waals surface area contributed by atoms with Gasteiger partial charge in [0.2, 0.25) is 5.91 Å². The summed E-state index contributed by atoms with van der Waals surface area (Å²) >= 11 is 0. The zero-order valence-electron chi connectivity index (χ0n) is 16.4. The summed E-state index contributed by atoms with van der Waals surface area (Å²) in [5, 5.41) is 5.66. The van der Waals surface area contributed by atoms with E-state index < -0.39 is 0 Å². The lowest BCUT2D eigenvalue weighted by Crippen LogP contribution is -3.14. The minimum Gasteiger partial charge on any atom is -0.484 e. The van der Waals surface area contributed by atoms with E-state index in [1.54, 1.807) is 12.1 Å². The molecule has 154 valence electrons. The van der Waals surface area contributed by atoms with Gasteiger partial charge in [0.05, 0.1) is 19.8 Å². The monoisotopic (exact) mass is 398 g/mol. The lowest BCUT2D eigenvalue weighted by molar-refractivity contribution is -0.909. The van der Waals surface area contributed by atoms with Gasteiger partial charge in [-0.05, 0) is 17.7 Å². The lowest BCUT2D eigenvalue weighted by atomic mass is 10.1. The second-order valence-corrected chi connectivity index (χ2v) is 6.98. The summed E-state index contributed by atoms with van der Waals surface area (Å²) in [5.41, 5.74) is 1.05. The highest BCUT2D eigenvalue weighted by molar-refractivity contribution is 5.85. The van der Waals surface area contributed by atoms with Gasteiger partial charge in [-0.3, -0.25) is 9.59 Å². The Bertz CT molecular complexity index is 764. The molecular weight excluding hydrogens is 370 g/mol. The summed E-state index contributed by atoms with van der Waals surface area (Å²) in [6.07, 6.45) is 0. The van der Waals surface area contributed by atoms with Crippen LogP contribution in [0.3, 0.4) is 0 Å². The van der Waals surface area contributed by atoms with Crippen molar-refractivity contribution in [2.24, 2.45) is 0 Å². The molecule has 0 unspecified atom stereocenters. The summed E-state index contributed by atoms with van der Waals surface area (Å²) in [6, 6.07) is 18.9. The van der Waals surface area contributed by atoms with Gasteiger partial charge in [0, 0.05) is 0 Å². The molecule has 0 saturated carbocycles. The van der Waals surface area contributed by atoms with Crippen molar-refractivity contribution in [1.29, 1.82) is 0 Å². The normalized spacial score (nSPS) is 15.3. The second-order valence-electron chi connectivity index (χ2n) is 6.98. The van der Waals surface area contributed by atoms with E-state index in [9.17, 15) is 9.59 Å². The third-order valence-corrected chi connectivity index (χ3v) is 4.79. The molecule has 1 aliphatic heterocycles. The molecule has 3 rings (SSSR count).